The van der Waals surface area contributed by atoms with E-state index in [9.17, 15) is 24.6 Å². The van der Waals surface area contributed by atoms with E-state index in [1.54, 1.807) is 18.7 Å². The predicted octanol–water partition coefficient (Wildman–Crippen LogP) is 4.76. The summed E-state index contributed by atoms with van der Waals surface area (Å²) < 4.78 is 11.4. The third-order valence-electron chi connectivity index (χ3n) is 7.24. The van der Waals surface area contributed by atoms with Crippen LogP contribution in [0.1, 0.15) is 60.6 Å². The number of aromatic hydroxyl groups is 2. The van der Waals surface area contributed by atoms with Gasteiger partial charge in [-0.05, 0) is 57.6 Å². The number of thioether (sulfide) groups is 1. The maximum Gasteiger partial charge on any atom is 0.249 e. The average molecular weight is 582 g/mol. The predicted molar refractivity (Wildman–Crippen MR) is 150 cm³/mol. The van der Waals surface area contributed by atoms with Gasteiger partial charge in [0, 0.05) is 17.3 Å². The number of Topliss-reactive ketones (excluding diaryl/α,β-unsaturated/α-hetero) is 2. The summed E-state index contributed by atoms with van der Waals surface area (Å²) >= 11 is 3.11. The molecule has 0 amide bonds. The number of ketones is 3. The number of allylic oxidation sites excluding steroid dienone is 4. The number of phenolic OH excluding ortho intramolecular Hbond substituents is 2. The third kappa shape index (κ3) is 4.22. The number of carbonyl (C=O) groups is 3. The van der Waals surface area contributed by atoms with Gasteiger partial charge in [-0.3, -0.25) is 14.4 Å². The Hall–Kier alpha value is -3.90. The van der Waals surface area contributed by atoms with Gasteiger partial charge in [-0.25, -0.2) is 0 Å². The molecule has 1 aliphatic heterocycles. The van der Waals surface area contributed by atoms with Crippen molar-refractivity contribution in [2.24, 2.45) is 0 Å². The molecule has 0 saturated carbocycles. The number of nitrogens with one attached hydrogen (secondary N) is 1. The van der Waals surface area contributed by atoms with Crippen molar-refractivity contribution >= 4 is 40.4 Å². The van der Waals surface area contributed by atoms with Crippen molar-refractivity contribution in [2.45, 2.75) is 45.6 Å². The molecule has 0 fully saturated rings. The lowest BCUT2D eigenvalue weighted by molar-refractivity contribution is -0.123. The molecule has 2 aromatic heterocycles. The normalized spacial score (nSPS) is 20.0. The molecule has 3 heterocycles. The first-order valence-electron chi connectivity index (χ1n) is 12.4. The van der Waals surface area contributed by atoms with E-state index in [-0.39, 0.29) is 39.5 Å². The Morgan fingerprint density at radius 1 is 1.25 bits per heavy atom. The molecule has 0 bridgehead atoms. The number of rotatable bonds is 8. The zero-order valence-electron chi connectivity index (χ0n) is 22.4. The summed E-state index contributed by atoms with van der Waals surface area (Å²) in [5.41, 5.74) is -1.50. The van der Waals surface area contributed by atoms with E-state index in [1.807, 2.05) is 23.8 Å². The van der Waals surface area contributed by atoms with Crippen LogP contribution in [0.3, 0.4) is 0 Å². The van der Waals surface area contributed by atoms with Gasteiger partial charge >= 0.3 is 0 Å². The van der Waals surface area contributed by atoms with Gasteiger partial charge in [-0.2, -0.15) is 16.7 Å². The standard InChI is InChI=1S/C28H27N3O7S2/c1-12-22(34)20(14(3)32)24-21(23(12)35)28(4)18(37-24)11-16(33)19(25(28)36)13(2)29-15(8-10-39-5)27-30-26(31-38-27)17-7-6-9-40-17/h6-7,9,11,15,29,34-35H,8,10H2,1-5H3/b19-13+/t15?,28-/m0/s1. The molecule has 3 N–H and O–H groups in total. The van der Waals surface area contributed by atoms with Crippen LogP contribution in [0.4, 0.5) is 0 Å². The number of benzene rings is 1. The lowest BCUT2D eigenvalue weighted by atomic mass is 9.70. The zero-order valence-corrected chi connectivity index (χ0v) is 24.1. The van der Waals surface area contributed by atoms with Gasteiger partial charge in [0.2, 0.25) is 11.7 Å². The smallest absolute Gasteiger partial charge is 0.249 e. The van der Waals surface area contributed by atoms with E-state index in [2.05, 4.69) is 15.5 Å². The molecule has 3 aromatic rings. The SMILES string of the molecule is CSCCC(N/C(C)=C1\C(=O)C=C2Oc3c(C(C)=O)c(O)c(C)c(O)c3[C@@]2(C)C1=O)c1nc(-c2cccs2)no1. The van der Waals surface area contributed by atoms with E-state index in [0.717, 1.165) is 10.6 Å². The van der Waals surface area contributed by atoms with Gasteiger partial charge in [-0.15, -0.1) is 11.3 Å². The number of ether oxygens (including phenoxy) is 1. The first-order valence-corrected chi connectivity index (χ1v) is 14.7. The van der Waals surface area contributed by atoms with Gasteiger partial charge in [0.15, 0.2) is 17.3 Å². The van der Waals surface area contributed by atoms with E-state index in [1.165, 1.54) is 38.2 Å². The minimum Gasteiger partial charge on any atom is -0.507 e. The van der Waals surface area contributed by atoms with E-state index in [0.29, 0.717) is 23.8 Å². The number of phenols is 2. The molecule has 2 aliphatic rings. The second-order valence-electron chi connectivity index (χ2n) is 9.80. The van der Waals surface area contributed by atoms with Crippen LogP contribution in [0.2, 0.25) is 0 Å². The molecule has 0 radical (unpaired) electrons. The summed E-state index contributed by atoms with van der Waals surface area (Å²) in [6.45, 7) is 5.84. The highest BCUT2D eigenvalue weighted by Crippen LogP contribution is 2.57. The molecule has 5 rings (SSSR count). The topological polar surface area (TPSA) is 152 Å². The van der Waals surface area contributed by atoms with Gasteiger partial charge in [0.1, 0.15) is 40.0 Å². The third-order valence-corrected chi connectivity index (χ3v) is 8.75. The first-order chi connectivity index (χ1) is 19.0. The van der Waals surface area contributed by atoms with Crippen molar-refractivity contribution in [2.75, 3.05) is 12.0 Å². The second kappa shape index (κ2) is 10.3. The summed E-state index contributed by atoms with van der Waals surface area (Å²) in [7, 11) is 0. The van der Waals surface area contributed by atoms with Crippen LogP contribution in [0, 0.1) is 6.92 Å². The van der Waals surface area contributed by atoms with Crippen molar-refractivity contribution in [1.82, 2.24) is 15.5 Å². The van der Waals surface area contributed by atoms with Crippen LogP contribution in [-0.4, -0.2) is 49.7 Å². The number of aromatic nitrogens is 2. The Labute approximate surface area is 238 Å². The highest BCUT2D eigenvalue weighted by molar-refractivity contribution is 7.98. The van der Waals surface area contributed by atoms with Crippen molar-refractivity contribution in [3.8, 4) is 28.0 Å². The number of hydrogen-bond donors (Lipinski definition) is 3. The highest BCUT2D eigenvalue weighted by atomic mass is 32.2. The molecule has 1 unspecified atom stereocenters. The van der Waals surface area contributed by atoms with Crippen molar-refractivity contribution < 1.29 is 33.9 Å². The molecule has 1 aromatic carbocycles. The van der Waals surface area contributed by atoms with E-state index in [4.69, 9.17) is 9.26 Å². The Balaban J connectivity index is 1.57. The molecule has 0 saturated heterocycles. The van der Waals surface area contributed by atoms with Crippen LogP contribution in [-0.2, 0) is 15.0 Å². The van der Waals surface area contributed by atoms with E-state index >= 15 is 0 Å². The van der Waals surface area contributed by atoms with Gasteiger partial charge in [-0.1, -0.05) is 11.2 Å². The van der Waals surface area contributed by atoms with Crippen molar-refractivity contribution in [3.05, 3.63) is 63.2 Å². The van der Waals surface area contributed by atoms with Crippen molar-refractivity contribution in [1.29, 1.82) is 0 Å². The van der Waals surface area contributed by atoms with Gasteiger partial charge in [0.25, 0.3) is 0 Å². The molecule has 208 valence electrons. The quantitative estimate of drug-likeness (QED) is 0.192. The summed E-state index contributed by atoms with van der Waals surface area (Å²) in [6, 6.07) is 3.29. The maximum absolute atomic E-state index is 14.1. The fourth-order valence-corrected chi connectivity index (χ4v) is 6.19. The monoisotopic (exact) mass is 581 g/mol. The van der Waals surface area contributed by atoms with Crippen LogP contribution in [0.25, 0.3) is 10.7 Å². The number of hydrogen-bond acceptors (Lipinski definition) is 12. The first kappa shape index (κ1) is 27.7. The van der Waals surface area contributed by atoms with Crippen LogP contribution < -0.4 is 10.1 Å². The minimum absolute atomic E-state index is 0.0201. The fraction of sp³-hybridized carbons (Fsp3) is 0.321. The molecule has 40 heavy (non-hydrogen) atoms. The highest BCUT2D eigenvalue weighted by Gasteiger charge is 2.56. The van der Waals surface area contributed by atoms with Crippen LogP contribution >= 0.6 is 23.1 Å². The molecular formula is C28H27N3O7S2. The fourth-order valence-electron chi connectivity index (χ4n) is 5.07. The average Bonchev–Trinajstić information content (AvgIpc) is 3.65. The summed E-state index contributed by atoms with van der Waals surface area (Å²) in [6.07, 6.45) is 3.73. The Bertz CT molecular complexity index is 1620. The number of nitrogens with zero attached hydrogens (tertiary/aromatic N) is 2. The number of thiophene rings is 1. The summed E-state index contributed by atoms with van der Waals surface area (Å²) in [4.78, 5) is 45.2. The Kier molecular flexibility index (Phi) is 7.09. The minimum atomic E-state index is -1.60. The molecule has 12 heteroatoms. The van der Waals surface area contributed by atoms with Crippen LogP contribution in [0.5, 0.6) is 17.2 Å². The Morgan fingerprint density at radius 2 is 2.00 bits per heavy atom. The zero-order chi connectivity index (χ0) is 28.9. The molecule has 10 nitrogen and oxygen atoms in total. The number of carbonyl (C=O) groups excluding carboxylic acids is 3. The molecular weight excluding hydrogens is 554 g/mol. The maximum atomic E-state index is 14.1. The largest absolute Gasteiger partial charge is 0.507 e. The summed E-state index contributed by atoms with van der Waals surface area (Å²) in [5, 5.41) is 30.8. The molecule has 0 spiro atoms. The van der Waals surface area contributed by atoms with E-state index < -0.39 is 34.6 Å². The van der Waals surface area contributed by atoms with Gasteiger partial charge < -0.3 is 24.8 Å². The molecule has 2 atom stereocenters. The van der Waals surface area contributed by atoms with Crippen molar-refractivity contribution in [3.63, 3.8) is 0 Å². The molecule has 1 aliphatic carbocycles. The van der Waals surface area contributed by atoms with Crippen LogP contribution in [0.15, 0.2) is 45.1 Å². The number of fused-ring (bicyclic) bond motifs is 3. The lowest BCUT2D eigenvalue weighted by Crippen LogP contribution is -2.41. The second-order valence-corrected chi connectivity index (χ2v) is 11.7. The van der Waals surface area contributed by atoms with Gasteiger partial charge in [0.05, 0.1) is 16.0 Å². The Morgan fingerprint density at radius 3 is 2.65 bits per heavy atom. The summed E-state index contributed by atoms with van der Waals surface area (Å²) in [5.74, 6) is -1.15. The lowest BCUT2D eigenvalue weighted by Gasteiger charge is -2.29.